The Bertz CT molecular complexity index is 144. The van der Waals surface area contributed by atoms with Gasteiger partial charge in [-0.05, 0) is 12.1 Å². The van der Waals surface area contributed by atoms with Gasteiger partial charge >= 0.3 is 0 Å². The van der Waals surface area contributed by atoms with Gasteiger partial charge in [0, 0.05) is 30.1 Å². The first-order chi connectivity index (χ1) is 6.92. The second kappa shape index (κ2) is 8.50. The molecule has 1 radical (unpaired) electrons. The first-order valence-corrected chi connectivity index (χ1v) is 12.3. The molecule has 4 heteroatoms. The molecule has 0 bridgehead atoms. The van der Waals surface area contributed by atoms with Crippen molar-refractivity contribution < 1.29 is 9.47 Å². The molecule has 0 fully saturated rings. The first kappa shape index (κ1) is 15.4. The highest BCUT2D eigenvalue weighted by atomic mass is 28.3. The topological polar surface area (TPSA) is 18.5 Å². The van der Waals surface area contributed by atoms with E-state index in [4.69, 9.17) is 9.47 Å². The lowest BCUT2D eigenvalue weighted by Crippen LogP contribution is -2.22. The van der Waals surface area contributed by atoms with E-state index in [-0.39, 0.29) is 8.80 Å². The largest absolute Gasteiger partial charge is 0.379 e. The molecule has 91 valence electrons. The van der Waals surface area contributed by atoms with Crippen LogP contribution in [-0.4, -0.2) is 43.3 Å². The van der Waals surface area contributed by atoms with Crippen molar-refractivity contribution in [3.63, 3.8) is 0 Å². The summed E-state index contributed by atoms with van der Waals surface area (Å²) in [7, 11) is -1.02. The van der Waals surface area contributed by atoms with Crippen LogP contribution in [0.15, 0.2) is 0 Å². The summed E-state index contributed by atoms with van der Waals surface area (Å²) in [5.74, 6) is 0. The summed E-state index contributed by atoms with van der Waals surface area (Å²) in [6.07, 6.45) is 0. The number of rotatable bonds is 9. The lowest BCUT2D eigenvalue weighted by molar-refractivity contribution is 0.0579. The van der Waals surface area contributed by atoms with Gasteiger partial charge in [0.15, 0.2) is 0 Å². The van der Waals surface area contributed by atoms with Crippen LogP contribution in [0, 0.1) is 0 Å². The maximum Gasteiger partial charge on any atom is 0.0700 e. The van der Waals surface area contributed by atoms with Gasteiger partial charge in [-0.2, -0.15) is 0 Å². The average Bonchev–Trinajstić information content (AvgIpc) is 2.07. The van der Waals surface area contributed by atoms with Gasteiger partial charge in [0.05, 0.1) is 13.2 Å². The molecule has 0 aliphatic heterocycles. The van der Waals surface area contributed by atoms with Crippen LogP contribution in [-0.2, 0) is 9.47 Å². The van der Waals surface area contributed by atoms with Gasteiger partial charge in [-0.25, -0.2) is 0 Å². The maximum atomic E-state index is 5.53. The summed E-state index contributed by atoms with van der Waals surface area (Å²) in [5.41, 5.74) is 0. The number of ether oxygens (including phenoxy) is 2. The van der Waals surface area contributed by atoms with Crippen LogP contribution in [0.3, 0.4) is 0 Å². The number of hydrogen-bond donors (Lipinski definition) is 0. The molecule has 0 atom stereocenters. The molecule has 2 nitrogen and oxygen atoms in total. The summed E-state index contributed by atoms with van der Waals surface area (Å²) >= 11 is 0. The van der Waals surface area contributed by atoms with E-state index in [1.165, 1.54) is 12.1 Å². The van der Waals surface area contributed by atoms with Crippen molar-refractivity contribution in [1.82, 2.24) is 0 Å². The van der Waals surface area contributed by atoms with E-state index < -0.39 is 8.07 Å². The van der Waals surface area contributed by atoms with Crippen molar-refractivity contribution >= 4 is 16.9 Å². The Labute approximate surface area is 98.0 Å². The zero-order chi connectivity index (χ0) is 11.7. The summed E-state index contributed by atoms with van der Waals surface area (Å²) in [6, 6.07) is 2.50. The van der Waals surface area contributed by atoms with Crippen molar-refractivity contribution in [2.75, 3.05) is 26.4 Å². The third-order valence-electron chi connectivity index (χ3n) is 2.11. The Balaban J connectivity index is 3.06. The molecule has 0 rings (SSSR count). The molecule has 0 aromatic heterocycles. The molecular formula is C11H27O2Si2. The van der Waals surface area contributed by atoms with Gasteiger partial charge in [0.2, 0.25) is 0 Å². The van der Waals surface area contributed by atoms with E-state index in [0.29, 0.717) is 0 Å². The SMILES string of the molecule is C[Si](C)CCOCCOCC[Si](C)(C)C. The highest BCUT2D eigenvalue weighted by molar-refractivity contribution is 6.76. The zero-order valence-electron chi connectivity index (χ0n) is 11.1. The van der Waals surface area contributed by atoms with Crippen LogP contribution in [0.5, 0.6) is 0 Å². The van der Waals surface area contributed by atoms with Crippen molar-refractivity contribution in [2.45, 2.75) is 44.8 Å². The minimum absolute atomic E-state index is 0.111. The van der Waals surface area contributed by atoms with Crippen LogP contribution < -0.4 is 0 Å². The Hall–Kier alpha value is 0.354. The minimum Gasteiger partial charge on any atom is -0.379 e. The van der Waals surface area contributed by atoms with Gasteiger partial charge in [-0.1, -0.05) is 32.7 Å². The Morgan fingerprint density at radius 2 is 1.40 bits per heavy atom. The highest BCUT2D eigenvalue weighted by Crippen LogP contribution is 2.07. The highest BCUT2D eigenvalue weighted by Gasteiger charge is 2.11. The smallest absolute Gasteiger partial charge is 0.0700 e. The molecule has 0 aromatic rings. The molecule has 0 unspecified atom stereocenters. The Morgan fingerprint density at radius 1 is 0.867 bits per heavy atom. The molecule has 0 aliphatic carbocycles. The third-order valence-corrected chi connectivity index (χ3v) is 5.02. The fourth-order valence-electron chi connectivity index (χ4n) is 0.977. The van der Waals surface area contributed by atoms with Gasteiger partial charge in [-0.3, -0.25) is 0 Å². The number of hydrogen-bond acceptors (Lipinski definition) is 2. The summed E-state index contributed by atoms with van der Waals surface area (Å²) in [6.45, 7) is 15.1. The van der Waals surface area contributed by atoms with Gasteiger partial charge in [0.1, 0.15) is 0 Å². The van der Waals surface area contributed by atoms with Crippen molar-refractivity contribution in [3.05, 3.63) is 0 Å². The molecule has 0 amide bonds. The van der Waals surface area contributed by atoms with E-state index in [0.717, 1.165) is 26.4 Å². The van der Waals surface area contributed by atoms with Crippen LogP contribution >= 0.6 is 0 Å². The van der Waals surface area contributed by atoms with Crippen LogP contribution in [0.25, 0.3) is 0 Å². The Kier molecular flexibility index (Phi) is 8.70. The minimum atomic E-state index is -0.909. The average molecular weight is 248 g/mol. The van der Waals surface area contributed by atoms with E-state index in [2.05, 4.69) is 32.7 Å². The van der Waals surface area contributed by atoms with E-state index in [9.17, 15) is 0 Å². The van der Waals surface area contributed by atoms with Crippen LogP contribution in [0.4, 0.5) is 0 Å². The van der Waals surface area contributed by atoms with Crippen molar-refractivity contribution in [1.29, 1.82) is 0 Å². The molecule has 0 saturated heterocycles. The lowest BCUT2D eigenvalue weighted by Gasteiger charge is -2.15. The molecular weight excluding hydrogens is 220 g/mol. The third kappa shape index (κ3) is 14.4. The van der Waals surface area contributed by atoms with Gasteiger partial charge in [-0.15, -0.1) is 0 Å². The molecule has 0 saturated carbocycles. The van der Waals surface area contributed by atoms with Crippen LogP contribution in [0.2, 0.25) is 44.8 Å². The molecule has 0 aromatic carbocycles. The lowest BCUT2D eigenvalue weighted by atomic mass is 10.7. The standard InChI is InChI=1S/C11H27O2Si2/c1-14(2)10-8-12-6-7-13-9-11-15(3,4)5/h6-11H2,1-5H3. The molecule has 15 heavy (non-hydrogen) atoms. The van der Waals surface area contributed by atoms with Gasteiger partial charge < -0.3 is 9.47 Å². The summed E-state index contributed by atoms with van der Waals surface area (Å²) in [4.78, 5) is 0. The molecule has 0 N–H and O–H groups in total. The zero-order valence-corrected chi connectivity index (χ0v) is 13.1. The van der Waals surface area contributed by atoms with Gasteiger partial charge in [0.25, 0.3) is 0 Å². The quantitative estimate of drug-likeness (QED) is 0.460. The molecule has 0 aliphatic rings. The normalized spacial score (nSPS) is 12.4. The van der Waals surface area contributed by atoms with E-state index >= 15 is 0 Å². The van der Waals surface area contributed by atoms with Crippen LogP contribution in [0.1, 0.15) is 0 Å². The monoisotopic (exact) mass is 247 g/mol. The second-order valence-corrected chi connectivity index (χ2v) is 14.0. The fourth-order valence-corrected chi connectivity index (χ4v) is 2.29. The van der Waals surface area contributed by atoms with Crippen molar-refractivity contribution in [2.24, 2.45) is 0 Å². The molecule has 0 spiro atoms. The van der Waals surface area contributed by atoms with E-state index in [1.54, 1.807) is 0 Å². The van der Waals surface area contributed by atoms with E-state index in [1.807, 2.05) is 0 Å². The summed E-state index contributed by atoms with van der Waals surface area (Å²) < 4.78 is 11.0. The fraction of sp³-hybridized carbons (Fsp3) is 1.00. The maximum absolute atomic E-state index is 5.53. The van der Waals surface area contributed by atoms with Crippen molar-refractivity contribution in [3.8, 4) is 0 Å². The predicted molar refractivity (Wildman–Crippen MR) is 72.1 cm³/mol. The Morgan fingerprint density at radius 3 is 1.87 bits per heavy atom. The predicted octanol–water partition coefficient (Wildman–Crippen LogP) is 3.11. The summed E-state index contributed by atoms with van der Waals surface area (Å²) in [5, 5.41) is 0. The molecule has 0 heterocycles. The first-order valence-electron chi connectivity index (χ1n) is 5.86. The second-order valence-electron chi connectivity index (χ2n) is 5.49.